The Morgan fingerprint density at radius 3 is 2.10 bits per heavy atom. The van der Waals surface area contributed by atoms with E-state index in [9.17, 15) is 10.0 Å². The minimum absolute atomic E-state index is 0.229. The highest BCUT2D eigenvalue weighted by Gasteiger charge is 2.25. The maximum absolute atomic E-state index is 10.9. The van der Waals surface area contributed by atoms with Gasteiger partial charge in [0.15, 0.2) is 0 Å². The van der Waals surface area contributed by atoms with Crippen LogP contribution in [0.3, 0.4) is 0 Å². The van der Waals surface area contributed by atoms with Gasteiger partial charge in [-0.05, 0) is 62.2 Å². The third-order valence-corrected chi connectivity index (χ3v) is 5.43. The molecule has 2 aliphatic carbocycles. The SMILES string of the molecule is C=CC1=C(/C=C\C)c2ccc(O/C=C/CNC)cc2/C1=N\O.C=O.CC.CC.CNC(=O)C1CCCC1.CNC=O. The third-order valence-electron chi connectivity index (χ3n) is 5.43. The van der Waals surface area contributed by atoms with Crippen LogP contribution in [0, 0.1) is 5.92 Å². The summed E-state index contributed by atoms with van der Waals surface area (Å²) in [5.41, 5.74) is 4.18. The molecule has 9 nitrogen and oxygen atoms in total. The van der Waals surface area contributed by atoms with Crippen LogP contribution >= 0.6 is 0 Å². The Labute approximate surface area is 247 Å². The molecule has 1 aromatic rings. The van der Waals surface area contributed by atoms with E-state index in [1.807, 2.05) is 84.9 Å². The van der Waals surface area contributed by atoms with E-state index in [0.29, 0.717) is 23.8 Å². The number of ether oxygens (including phenoxy) is 1. The molecule has 0 aromatic heterocycles. The number of carbonyl (C=O) groups excluding carboxylic acids is 3. The van der Waals surface area contributed by atoms with Crippen molar-refractivity contribution in [3.63, 3.8) is 0 Å². The summed E-state index contributed by atoms with van der Waals surface area (Å²) in [5.74, 6) is 1.25. The van der Waals surface area contributed by atoms with Gasteiger partial charge in [-0.2, -0.15) is 0 Å². The Morgan fingerprint density at radius 1 is 1.07 bits per heavy atom. The van der Waals surface area contributed by atoms with E-state index >= 15 is 0 Å². The summed E-state index contributed by atoms with van der Waals surface area (Å²) < 4.78 is 5.57. The Kier molecular flexibility index (Phi) is 29.4. The second-order valence-corrected chi connectivity index (χ2v) is 7.74. The van der Waals surface area contributed by atoms with Gasteiger partial charge >= 0.3 is 0 Å². The van der Waals surface area contributed by atoms with Crippen LogP contribution in [-0.2, 0) is 14.4 Å². The fourth-order valence-electron chi connectivity index (χ4n) is 3.79. The predicted molar refractivity (Wildman–Crippen MR) is 171 cm³/mol. The number of allylic oxidation sites excluding steroid dienone is 5. The Bertz CT molecular complexity index is 978. The molecule has 0 radical (unpaired) electrons. The van der Waals surface area contributed by atoms with Gasteiger partial charge in [0.25, 0.3) is 0 Å². The lowest BCUT2D eigenvalue weighted by Gasteiger charge is -2.05. The molecule has 0 unspecified atom stereocenters. The van der Waals surface area contributed by atoms with Gasteiger partial charge < -0.3 is 30.7 Å². The summed E-state index contributed by atoms with van der Waals surface area (Å²) in [6, 6.07) is 5.73. The monoisotopic (exact) mass is 572 g/mol. The molecule has 4 N–H and O–H groups in total. The minimum Gasteiger partial charge on any atom is -0.465 e. The number of rotatable bonds is 8. The maximum Gasteiger partial charge on any atom is 0.222 e. The highest BCUT2D eigenvalue weighted by molar-refractivity contribution is 6.26. The molecule has 0 atom stereocenters. The number of oxime groups is 1. The molecule has 1 aromatic carbocycles. The number of likely N-dealkylation sites (N-methyl/N-ethyl adjacent to an activating group) is 1. The van der Waals surface area contributed by atoms with E-state index in [-0.39, 0.29) is 5.91 Å². The topological polar surface area (TPSA) is 129 Å². The molecule has 1 saturated carbocycles. The second kappa shape index (κ2) is 29.0. The van der Waals surface area contributed by atoms with Crippen molar-refractivity contribution in [1.29, 1.82) is 0 Å². The highest BCUT2D eigenvalue weighted by atomic mass is 16.5. The molecule has 2 amide bonds. The van der Waals surface area contributed by atoms with Crippen molar-refractivity contribution in [3.05, 3.63) is 72.0 Å². The second-order valence-electron chi connectivity index (χ2n) is 7.74. The fourth-order valence-corrected chi connectivity index (χ4v) is 3.79. The highest BCUT2D eigenvalue weighted by Crippen LogP contribution is 2.36. The van der Waals surface area contributed by atoms with E-state index in [1.54, 1.807) is 26.4 Å². The molecule has 0 heterocycles. The molecule has 2 aliphatic rings. The van der Waals surface area contributed by atoms with Crippen molar-refractivity contribution in [2.75, 3.05) is 27.7 Å². The number of hydrogen-bond donors (Lipinski definition) is 4. The lowest BCUT2D eigenvalue weighted by molar-refractivity contribution is -0.124. The zero-order valence-electron chi connectivity index (χ0n) is 26.3. The smallest absolute Gasteiger partial charge is 0.222 e. The number of amides is 2. The van der Waals surface area contributed by atoms with Crippen LogP contribution in [0.2, 0.25) is 0 Å². The zero-order valence-corrected chi connectivity index (χ0v) is 26.3. The molecule has 230 valence electrons. The van der Waals surface area contributed by atoms with Crippen molar-refractivity contribution in [1.82, 2.24) is 16.0 Å². The average Bonchev–Trinajstić information content (AvgIpc) is 3.69. The van der Waals surface area contributed by atoms with Gasteiger partial charge in [-0.3, -0.25) is 9.59 Å². The normalized spacial score (nSPS) is 13.9. The van der Waals surface area contributed by atoms with Crippen LogP contribution in [0.25, 0.3) is 5.57 Å². The Morgan fingerprint density at radius 2 is 1.66 bits per heavy atom. The van der Waals surface area contributed by atoms with Crippen molar-refractivity contribution < 1.29 is 24.3 Å². The molecule has 0 bridgehead atoms. The number of fused-ring (bicyclic) bond motifs is 1. The van der Waals surface area contributed by atoms with E-state index in [2.05, 4.69) is 27.7 Å². The van der Waals surface area contributed by atoms with Gasteiger partial charge in [0, 0.05) is 37.7 Å². The van der Waals surface area contributed by atoms with Crippen LogP contribution in [0.5, 0.6) is 5.75 Å². The number of carbonyl (C=O) groups is 3. The van der Waals surface area contributed by atoms with Crippen LogP contribution in [0.1, 0.15) is 71.4 Å². The van der Waals surface area contributed by atoms with E-state index in [1.165, 1.54) is 12.8 Å². The van der Waals surface area contributed by atoms with Gasteiger partial charge in [-0.1, -0.05) is 70.5 Å². The minimum atomic E-state index is 0.229. The lowest BCUT2D eigenvalue weighted by atomic mass is 10.0. The van der Waals surface area contributed by atoms with Crippen molar-refractivity contribution >= 4 is 30.4 Å². The summed E-state index contributed by atoms with van der Waals surface area (Å²) >= 11 is 0. The fraction of sp³-hybridized carbons (Fsp3) is 0.438. The van der Waals surface area contributed by atoms with Gasteiger partial charge in [0.2, 0.25) is 12.3 Å². The van der Waals surface area contributed by atoms with Crippen LogP contribution in [0.4, 0.5) is 0 Å². The first-order valence-corrected chi connectivity index (χ1v) is 14.0. The zero-order chi connectivity index (χ0) is 32.1. The Hall–Kier alpha value is -3.98. The average molecular weight is 573 g/mol. The number of nitrogens with one attached hydrogen (secondary N) is 3. The van der Waals surface area contributed by atoms with Crippen LogP contribution in [0.15, 0.2) is 66.1 Å². The predicted octanol–water partition coefficient (Wildman–Crippen LogP) is 5.66. The van der Waals surface area contributed by atoms with Crippen LogP contribution in [-0.4, -0.2) is 57.7 Å². The van der Waals surface area contributed by atoms with Gasteiger partial charge in [0.05, 0.1) is 6.26 Å². The quantitative estimate of drug-likeness (QED) is 0.138. The van der Waals surface area contributed by atoms with Crippen molar-refractivity contribution in [3.8, 4) is 5.75 Å². The summed E-state index contributed by atoms with van der Waals surface area (Å²) in [4.78, 5) is 28.0. The summed E-state index contributed by atoms with van der Waals surface area (Å²) in [7, 11) is 5.14. The van der Waals surface area contributed by atoms with Gasteiger partial charge in [-0.15, -0.1) is 0 Å². The third kappa shape index (κ3) is 15.4. The van der Waals surface area contributed by atoms with Gasteiger partial charge in [-0.25, -0.2) is 0 Å². The molecule has 9 heteroatoms. The Balaban J connectivity index is -0.000000627. The molecule has 1 fully saturated rings. The van der Waals surface area contributed by atoms with Crippen LogP contribution < -0.4 is 20.7 Å². The molecule has 0 saturated heterocycles. The summed E-state index contributed by atoms with van der Waals surface area (Å²) in [6.45, 7) is 16.5. The molecule has 0 aliphatic heterocycles. The number of benzene rings is 1. The summed E-state index contributed by atoms with van der Waals surface area (Å²) in [6.07, 6.45) is 14.5. The lowest BCUT2D eigenvalue weighted by Crippen LogP contribution is -2.25. The number of nitrogens with zero attached hydrogens (tertiary/aromatic N) is 1. The molecule has 0 spiro atoms. The molecular weight excluding hydrogens is 520 g/mol. The maximum atomic E-state index is 10.9. The molecule has 3 rings (SSSR count). The molecular formula is C32H52N4O5. The summed E-state index contributed by atoms with van der Waals surface area (Å²) in [5, 5.41) is 20.7. The van der Waals surface area contributed by atoms with Crippen molar-refractivity contribution in [2.45, 2.75) is 60.3 Å². The van der Waals surface area contributed by atoms with Gasteiger partial charge in [0.1, 0.15) is 18.3 Å². The first kappa shape index (κ1) is 41.5. The first-order chi connectivity index (χ1) is 20.0. The van der Waals surface area contributed by atoms with E-state index < -0.39 is 0 Å². The number of hydrogen-bond acceptors (Lipinski definition) is 7. The van der Waals surface area contributed by atoms with E-state index in [0.717, 1.165) is 41.7 Å². The van der Waals surface area contributed by atoms with E-state index in [4.69, 9.17) is 14.3 Å². The van der Waals surface area contributed by atoms with Crippen molar-refractivity contribution in [2.24, 2.45) is 11.1 Å². The first-order valence-electron chi connectivity index (χ1n) is 14.0. The molecule has 41 heavy (non-hydrogen) atoms. The largest absolute Gasteiger partial charge is 0.465 e. The standard InChI is InChI=1S/C18H20N2O2.C7H13NO.C2H5NO.2C2H6.CH2O/c1-4-7-15-14(5-2)18(20-21)17-12-13(8-9-16(15)17)22-11-6-10-19-3;1-8-7(9)6-4-2-3-5-6;1-3-2-4;3*1-2/h4-9,11-12,19,21H,2,10H2,1,3H3;6H,2-5H2,1H3,(H,8,9);2H,1H3,(H,3,4);2*1-2H3;1H2/b7-4-,11-6+,20-18-;;;;;.